The van der Waals surface area contributed by atoms with Crippen LogP contribution >= 0.6 is 0 Å². The normalized spacial score (nSPS) is 19.9. The molecule has 3 heteroatoms. The quantitative estimate of drug-likeness (QED) is 0.563. The second-order valence-corrected chi connectivity index (χ2v) is 9.69. The van der Waals surface area contributed by atoms with Crippen molar-refractivity contribution in [1.29, 1.82) is 0 Å². The molecule has 0 aromatic carbocycles. The monoisotopic (exact) mass is 372 g/mol. The van der Waals surface area contributed by atoms with Gasteiger partial charge in [0.2, 0.25) is 0 Å². The van der Waals surface area contributed by atoms with Gasteiger partial charge in [-0.1, -0.05) is 0 Å². The first-order valence-electron chi connectivity index (χ1n) is 7.44. The molecule has 2 aliphatic carbocycles. The van der Waals surface area contributed by atoms with Gasteiger partial charge in [-0.2, -0.15) is 0 Å². The second kappa shape index (κ2) is 7.81. The average molecular weight is 374 g/mol. The number of hydrogen-bond acceptors (Lipinski definition) is 0. The minimum Gasteiger partial charge on any atom is -0.269 e. The second-order valence-electron chi connectivity index (χ2n) is 6.36. The molecule has 0 aromatic rings. The van der Waals surface area contributed by atoms with E-state index in [9.17, 15) is 0 Å². The molecule has 0 spiro atoms. The van der Waals surface area contributed by atoms with E-state index in [1.807, 2.05) is 6.56 Å². The van der Waals surface area contributed by atoms with Crippen molar-refractivity contribution < 1.29 is 32.6 Å². The number of halogens is 2. The Bertz CT molecular complexity index is 519. The summed E-state index contributed by atoms with van der Waals surface area (Å²) in [6.45, 7) is 14.2. The summed E-state index contributed by atoms with van der Waals surface area (Å²) in [6, 6.07) is 0. The molecule has 0 aromatic heterocycles. The summed E-state index contributed by atoms with van der Waals surface area (Å²) in [4.78, 5) is 0. The van der Waals surface area contributed by atoms with Gasteiger partial charge in [-0.05, 0) is 0 Å². The van der Waals surface area contributed by atoms with Crippen LogP contribution in [0.5, 0.6) is 0 Å². The van der Waals surface area contributed by atoms with E-state index in [0.29, 0.717) is 5.41 Å². The fourth-order valence-corrected chi connectivity index (χ4v) is 7.52. The molecular formula is C18H28F2Zr. The van der Waals surface area contributed by atoms with Gasteiger partial charge >= 0.3 is 130 Å². The van der Waals surface area contributed by atoms with Crippen LogP contribution in [-0.2, 0) is 23.2 Å². The van der Waals surface area contributed by atoms with Crippen molar-refractivity contribution in [1.82, 2.24) is 0 Å². The molecule has 0 aliphatic heterocycles. The Balaban J connectivity index is 0.00000200. The molecule has 2 rings (SSSR count). The maximum Gasteiger partial charge on any atom is -0.269 e. The van der Waals surface area contributed by atoms with Gasteiger partial charge < -0.3 is 0 Å². The van der Waals surface area contributed by atoms with Gasteiger partial charge in [0, 0.05) is 0 Å². The van der Waals surface area contributed by atoms with Gasteiger partial charge in [-0.25, -0.2) is 0 Å². The van der Waals surface area contributed by atoms with E-state index < -0.39 is 23.2 Å². The van der Waals surface area contributed by atoms with Crippen LogP contribution in [0.3, 0.4) is 0 Å². The number of rotatable bonds is 4. The standard InChI is InChI=1S/C10H15.C8H11.2FH.Zr/c1-7-6-10(4,5)9(3)8(7)2;1-2-5-8-6-3-4-7-8;;;/h1-5H3;3,6H,2,4-5H2,1H3;2*1H;. The maximum atomic E-state index is 2.43. The molecule has 2 aliphatic rings. The molecule has 0 nitrogen and oxygen atoms in total. The van der Waals surface area contributed by atoms with Gasteiger partial charge in [0.15, 0.2) is 0 Å². The van der Waals surface area contributed by atoms with E-state index in [2.05, 4.69) is 53.7 Å². The van der Waals surface area contributed by atoms with Crippen molar-refractivity contribution in [2.45, 2.75) is 60.8 Å². The average Bonchev–Trinajstić information content (AvgIpc) is 2.85. The zero-order valence-electron chi connectivity index (χ0n) is 14.1. The fourth-order valence-electron chi connectivity index (χ4n) is 3.18. The Labute approximate surface area is 139 Å². The topological polar surface area (TPSA) is 0 Å². The molecular weight excluding hydrogens is 345 g/mol. The van der Waals surface area contributed by atoms with Gasteiger partial charge in [0.25, 0.3) is 0 Å². The summed E-state index contributed by atoms with van der Waals surface area (Å²) in [6.07, 6.45) is 8.58. The summed E-state index contributed by atoms with van der Waals surface area (Å²) in [5, 5.41) is 0. The number of allylic oxidation sites excluding steroid dienone is 8. The summed E-state index contributed by atoms with van der Waals surface area (Å²) in [7, 11) is 0. The van der Waals surface area contributed by atoms with Crippen LogP contribution in [0.15, 0.2) is 41.0 Å². The fraction of sp³-hybridized carbons (Fsp3) is 0.556. The molecule has 0 saturated heterocycles. The SMILES string of the molecule is CCCC1=[C]([Zr][C]2=C(C)C(C)=C(C)C2(C)C)CC=C1.F.F. The minimum absolute atomic E-state index is 0. The Morgan fingerprint density at radius 3 is 2.19 bits per heavy atom. The zero-order chi connectivity index (χ0) is 14.2. The smallest absolute Gasteiger partial charge is 0.269 e. The Morgan fingerprint density at radius 1 is 1.10 bits per heavy atom. The van der Waals surface area contributed by atoms with Crippen LogP contribution in [0, 0.1) is 5.41 Å². The summed E-state index contributed by atoms with van der Waals surface area (Å²) < 4.78 is 3.65. The molecule has 0 bridgehead atoms. The van der Waals surface area contributed by atoms with Gasteiger partial charge in [0.1, 0.15) is 0 Å². The van der Waals surface area contributed by atoms with Crippen LogP contribution in [-0.4, -0.2) is 0 Å². The van der Waals surface area contributed by atoms with Crippen LogP contribution in [0.2, 0.25) is 0 Å². The third-order valence-corrected chi connectivity index (χ3v) is 9.99. The molecule has 0 fully saturated rings. The van der Waals surface area contributed by atoms with E-state index in [1.165, 1.54) is 19.3 Å². The Morgan fingerprint density at radius 2 is 1.71 bits per heavy atom. The van der Waals surface area contributed by atoms with E-state index in [1.54, 1.807) is 22.3 Å². The van der Waals surface area contributed by atoms with Crippen molar-refractivity contribution in [2.75, 3.05) is 0 Å². The van der Waals surface area contributed by atoms with Crippen molar-refractivity contribution in [2.24, 2.45) is 5.41 Å². The molecule has 0 atom stereocenters. The molecule has 21 heavy (non-hydrogen) atoms. The van der Waals surface area contributed by atoms with Gasteiger partial charge in [0.05, 0.1) is 0 Å². The molecule has 0 unspecified atom stereocenters. The summed E-state index contributed by atoms with van der Waals surface area (Å²) in [5.41, 5.74) is 6.78. The molecule has 0 amide bonds. The first-order chi connectivity index (χ1) is 8.89. The van der Waals surface area contributed by atoms with E-state index in [0.717, 1.165) is 0 Å². The predicted octanol–water partition coefficient (Wildman–Crippen LogP) is 6.04. The van der Waals surface area contributed by atoms with Crippen LogP contribution in [0.25, 0.3) is 0 Å². The first kappa shape index (κ1) is 20.7. The summed E-state index contributed by atoms with van der Waals surface area (Å²) in [5.74, 6) is 0. The Hall–Kier alpha value is -0.297. The predicted molar refractivity (Wildman–Crippen MR) is 85.6 cm³/mol. The van der Waals surface area contributed by atoms with Crippen molar-refractivity contribution in [3.05, 3.63) is 41.0 Å². The Kier molecular flexibility index (Phi) is 7.70. The number of hydrogen-bond donors (Lipinski definition) is 0. The van der Waals surface area contributed by atoms with Gasteiger partial charge in [-0.15, -0.1) is 0 Å². The van der Waals surface area contributed by atoms with Gasteiger partial charge in [-0.3, -0.25) is 9.41 Å². The third-order valence-electron chi connectivity index (χ3n) is 4.89. The van der Waals surface area contributed by atoms with Crippen molar-refractivity contribution in [3.63, 3.8) is 0 Å². The van der Waals surface area contributed by atoms with E-state index in [-0.39, 0.29) is 9.41 Å². The summed E-state index contributed by atoms with van der Waals surface area (Å²) >= 11 is -0.586. The molecule has 0 N–H and O–H groups in total. The molecule has 118 valence electrons. The third kappa shape index (κ3) is 3.73. The molecule has 0 radical (unpaired) electrons. The van der Waals surface area contributed by atoms with Crippen LogP contribution in [0.4, 0.5) is 9.41 Å². The largest absolute Gasteiger partial charge is 0.269 e. The maximum absolute atomic E-state index is 2.43. The van der Waals surface area contributed by atoms with Crippen molar-refractivity contribution in [3.8, 4) is 0 Å². The van der Waals surface area contributed by atoms with Crippen molar-refractivity contribution >= 4 is 0 Å². The van der Waals surface area contributed by atoms with E-state index in [4.69, 9.17) is 0 Å². The molecule has 0 heterocycles. The zero-order valence-corrected chi connectivity index (χ0v) is 16.6. The minimum atomic E-state index is -0.586. The first-order valence-corrected chi connectivity index (χ1v) is 9.90. The van der Waals surface area contributed by atoms with Crippen LogP contribution in [0.1, 0.15) is 60.8 Å². The van der Waals surface area contributed by atoms with Crippen LogP contribution < -0.4 is 0 Å². The molecule has 0 saturated carbocycles. The van der Waals surface area contributed by atoms with E-state index >= 15 is 0 Å².